The zero-order chi connectivity index (χ0) is 12.4. The van der Waals surface area contributed by atoms with Gasteiger partial charge < -0.3 is 10.2 Å². The number of piperidine rings is 1. The predicted octanol–water partition coefficient (Wildman–Crippen LogP) is 2.11. The standard InChI is InChI=1S/C15H23N3/c1-12-4-5-13(10-16-12)11-17-14-6-8-18-7-2-3-15(18)9-14/h4-5,10,14-15,17H,2-3,6-9,11H2,1H3. The van der Waals surface area contributed by atoms with Crippen LogP contribution in [0.4, 0.5) is 0 Å². The minimum absolute atomic E-state index is 0.700. The van der Waals surface area contributed by atoms with E-state index in [-0.39, 0.29) is 0 Å². The Labute approximate surface area is 110 Å². The van der Waals surface area contributed by atoms with E-state index in [2.05, 4.69) is 27.3 Å². The van der Waals surface area contributed by atoms with Gasteiger partial charge in [-0.1, -0.05) is 6.07 Å². The second-order valence-corrected chi connectivity index (χ2v) is 5.74. The molecule has 1 N–H and O–H groups in total. The molecule has 1 aromatic heterocycles. The lowest BCUT2D eigenvalue weighted by Crippen LogP contribution is -2.45. The van der Waals surface area contributed by atoms with Crippen LogP contribution in [0.3, 0.4) is 0 Å². The number of aryl methyl sites for hydroxylation is 1. The van der Waals surface area contributed by atoms with Gasteiger partial charge in [0, 0.05) is 30.5 Å². The van der Waals surface area contributed by atoms with Crippen LogP contribution in [0.2, 0.25) is 0 Å². The quantitative estimate of drug-likeness (QED) is 0.884. The van der Waals surface area contributed by atoms with Crippen LogP contribution in [0.15, 0.2) is 18.3 Å². The lowest BCUT2D eigenvalue weighted by atomic mass is 9.97. The number of hydrogen-bond acceptors (Lipinski definition) is 3. The predicted molar refractivity (Wildman–Crippen MR) is 73.4 cm³/mol. The van der Waals surface area contributed by atoms with Crippen LogP contribution in [0.25, 0.3) is 0 Å². The van der Waals surface area contributed by atoms with Crippen LogP contribution in [0.5, 0.6) is 0 Å². The van der Waals surface area contributed by atoms with Crippen molar-refractivity contribution in [2.45, 2.75) is 51.2 Å². The Morgan fingerprint density at radius 1 is 1.33 bits per heavy atom. The van der Waals surface area contributed by atoms with Crippen molar-refractivity contribution in [3.63, 3.8) is 0 Å². The summed E-state index contributed by atoms with van der Waals surface area (Å²) >= 11 is 0. The topological polar surface area (TPSA) is 28.2 Å². The van der Waals surface area contributed by atoms with Crippen LogP contribution in [-0.2, 0) is 6.54 Å². The fourth-order valence-corrected chi connectivity index (χ4v) is 3.27. The average molecular weight is 245 g/mol. The van der Waals surface area contributed by atoms with E-state index >= 15 is 0 Å². The van der Waals surface area contributed by atoms with E-state index in [0.29, 0.717) is 6.04 Å². The summed E-state index contributed by atoms with van der Waals surface area (Å²) in [5, 5.41) is 3.70. The zero-order valence-electron chi connectivity index (χ0n) is 11.2. The van der Waals surface area contributed by atoms with Gasteiger partial charge in [-0.3, -0.25) is 4.98 Å². The largest absolute Gasteiger partial charge is 0.310 e. The van der Waals surface area contributed by atoms with E-state index in [1.807, 2.05) is 13.1 Å². The Bertz CT molecular complexity index is 387. The first-order valence-electron chi connectivity index (χ1n) is 7.20. The SMILES string of the molecule is Cc1ccc(CNC2CCN3CCCC3C2)cn1. The first-order chi connectivity index (χ1) is 8.81. The summed E-state index contributed by atoms with van der Waals surface area (Å²) in [5.74, 6) is 0. The summed E-state index contributed by atoms with van der Waals surface area (Å²) in [6.45, 7) is 5.62. The number of fused-ring (bicyclic) bond motifs is 1. The van der Waals surface area contributed by atoms with Crippen molar-refractivity contribution in [2.75, 3.05) is 13.1 Å². The van der Waals surface area contributed by atoms with E-state index in [1.165, 1.54) is 44.3 Å². The van der Waals surface area contributed by atoms with E-state index in [0.717, 1.165) is 18.3 Å². The van der Waals surface area contributed by atoms with Crippen LogP contribution >= 0.6 is 0 Å². The molecule has 98 valence electrons. The Morgan fingerprint density at radius 2 is 2.28 bits per heavy atom. The molecule has 2 aliphatic rings. The van der Waals surface area contributed by atoms with Crippen LogP contribution in [0, 0.1) is 6.92 Å². The second kappa shape index (κ2) is 5.37. The fourth-order valence-electron chi connectivity index (χ4n) is 3.27. The van der Waals surface area contributed by atoms with E-state index in [9.17, 15) is 0 Å². The molecule has 3 nitrogen and oxygen atoms in total. The molecule has 0 radical (unpaired) electrons. The highest BCUT2D eigenvalue weighted by Crippen LogP contribution is 2.26. The molecule has 2 unspecified atom stereocenters. The summed E-state index contributed by atoms with van der Waals surface area (Å²) in [6, 6.07) is 5.83. The van der Waals surface area contributed by atoms with Gasteiger partial charge in [0.1, 0.15) is 0 Å². The lowest BCUT2D eigenvalue weighted by Gasteiger charge is -2.35. The molecule has 1 aromatic rings. The maximum absolute atomic E-state index is 4.35. The number of rotatable bonds is 3. The summed E-state index contributed by atoms with van der Waals surface area (Å²) in [7, 11) is 0. The number of aromatic nitrogens is 1. The third kappa shape index (κ3) is 2.73. The maximum Gasteiger partial charge on any atom is 0.0372 e. The molecule has 2 atom stereocenters. The molecule has 2 saturated heterocycles. The lowest BCUT2D eigenvalue weighted by molar-refractivity contribution is 0.166. The van der Waals surface area contributed by atoms with Crippen molar-refractivity contribution >= 4 is 0 Å². The van der Waals surface area contributed by atoms with E-state index < -0.39 is 0 Å². The molecular formula is C15H23N3. The zero-order valence-corrected chi connectivity index (χ0v) is 11.2. The van der Waals surface area contributed by atoms with Crippen LogP contribution in [0.1, 0.15) is 36.9 Å². The molecule has 18 heavy (non-hydrogen) atoms. The molecule has 3 rings (SSSR count). The summed E-state index contributed by atoms with van der Waals surface area (Å²) in [5.41, 5.74) is 2.40. The Balaban J connectivity index is 1.50. The van der Waals surface area contributed by atoms with Gasteiger partial charge in [-0.2, -0.15) is 0 Å². The van der Waals surface area contributed by atoms with Gasteiger partial charge in [-0.05, 0) is 57.3 Å². The first kappa shape index (κ1) is 12.1. The molecular weight excluding hydrogens is 222 g/mol. The third-order valence-electron chi connectivity index (χ3n) is 4.39. The van der Waals surface area contributed by atoms with Crippen LogP contribution in [-0.4, -0.2) is 35.1 Å². The molecule has 3 heteroatoms. The monoisotopic (exact) mass is 245 g/mol. The minimum Gasteiger partial charge on any atom is -0.310 e. The molecule has 0 amide bonds. The molecule has 0 bridgehead atoms. The summed E-state index contributed by atoms with van der Waals surface area (Å²) in [6.07, 6.45) is 7.44. The molecule has 2 aliphatic heterocycles. The van der Waals surface area contributed by atoms with Crippen molar-refractivity contribution < 1.29 is 0 Å². The Morgan fingerprint density at radius 3 is 3.11 bits per heavy atom. The van der Waals surface area contributed by atoms with Gasteiger partial charge in [0.05, 0.1) is 0 Å². The Kier molecular flexibility index (Phi) is 3.62. The van der Waals surface area contributed by atoms with Gasteiger partial charge in [-0.25, -0.2) is 0 Å². The highest BCUT2D eigenvalue weighted by atomic mass is 15.2. The van der Waals surface area contributed by atoms with Gasteiger partial charge in [0.2, 0.25) is 0 Å². The van der Waals surface area contributed by atoms with E-state index in [1.54, 1.807) is 0 Å². The van der Waals surface area contributed by atoms with E-state index in [4.69, 9.17) is 0 Å². The van der Waals surface area contributed by atoms with Crippen molar-refractivity contribution in [1.29, 1.82) is 0 Å². The number of nitrogens with zero attached hydrogens (tertiary/aromatic N) is 2. The van der Waals surface area contributed by atoms with Crippen molar-refractivity contribution in [3.8, 4) is 0 Å². The molecule has 0 saturated carbocycles. The smallest absolute Gasteiger partial charge is 0.0372 e. The Hall–Kier alpha value is -0.930. The van der Waals surface area contributed by atoms with Gasteiger partial charge >= 0.3 is 0 Å². The average Bonchev–Trinajstić information content (AvgIpc) is 2.85. The maximum atomic E-state index is 4.35. The fraction of sp³-hybridized carbons (Fsp3) is 0.667. The van der Waals surface area contributed by atoms with Crippen LogP contribution < -0.4 is 5.32 Å². The highest BCUT2D eigenvalue weighted by molar-refractivity contribution is 5.13. The normalized spacial score (nSPS) is 28.3. The number of hydrogen-bond donors (Lipinski definition) is 1. The minimum atomic E-state index is 0.700. The van der Waals surface area contributed by atoms with Crippen molar-refractivity contribution in [1.82, 2.24) is 15.2 Å². The number of pyridine rings is 1. The van der Waals surface area contributed by atoms with Gasteiger partial charge in [0.25, 0.3) is 0 Å². The highest BCUT2D eigenvalue weighted by Gasteiger charge is 2.31. The molecule has 0 spiro atoms. The summed E-state index contributed by atoms with van der Waals surface area (Å²) < 4.78 is 0. The summed E-state index contributed by atoms with van der Waals surface area (Å²) in [4.78, 5) is 7.02. The first-order valence-corrected chi connectivity index (χ1v) is 7.20. The van der Waals surface area contributed by atoms with Crippen molar-refractivity contribution in [3.05, 3.63) is 29.6 Å². The molecule has 0 aliphatic carbocycles. The van der Waals surface area contributed by atoms with Gasteiger partial charge in [-0.15, -0.1) is 0 Å². The van der Waals surface area contributed by atoms with Crippen molar-refractivity contribution in [2.24, 2.45) is 0 Å². The molecule has 2 fully saturated rings. The number of nitrogens with one attached hydrogen (secondary N) is 1. The molecule has 0 aromatic carbocycles. The molecule has 3 heterocycles. The third-order valence-corrected chi connectivity index (χ3v) is 4.39. The second-order valence-electron chi connectivity index (χ2n) is 5.74. The van der Waals surface area contributed by atoms with Gasteiger partial charge in [0.15, 0.2) is 0 Å².